The lowest BCUT2D eigenvalue weighted by molar-refractivity contribution is -0.0590. The van der Waals surface area contributed by atoms with E-state index in [1.807, 2.05) is 27.7 Å². The number of nitrogens with zero attached hydrogens (tertiary/aromatic N) is 2. The molecule has 0 fully saturated rings. The average molecular weight is 211 g/mol. The van der Waals surface area contributed by atoms with E-state index in [4.69, 9.17) is 4.84 Å². The Bertz CT molecular complexity index is 363. The first-order valence-corrected chi connectivity index (χ1v) is 4.78. The number of carbonyl (C=O) groups is 1. The molecule has 1 aromatic rings. The molecule has 0 aliphatic rings. The summed E-state index contributed by atoms with van der Waals surface area (Å²) in [5, 5.41) is 3.98. The van der Waals surface area contributed by atoms with Gasteiger partial charge in [0.2, 0.25) is 0 Å². The van der Waals surface area contributed by atoms with Crippen LogP contribution in [0.1, 0.15) is 36.8 Å². The lowest BCUT2D eigenvalue weighted by atomic mass is 10.2. The first-order chi connectivity index (χ1) is 6.81. The van der Waals surface area contributed by atoms with Crippen molar-refractivity contribution in [2.45, 2.75) is 33.3 Å². The molecule has 0 aromatic carbocycles. The maximum Gasteiger partial charge on any atom is 0.278 e. The molecule has 0 saturated heterocycles. The molecule has 1 amide bonds. The van der Waals surface area contributed by atoms with E-state index >= 15 is 0 Å². The minimum Gasteiger partial charge on any atom is -0.272 e. The van der Waals surface area contributed by atoms with Crippen molar-refractivity contribution in [2.75, 3.05) is 0 Å². The van der Waals surface area contributed by atoms with Gasteiger partial charge >= 0.3 is 0 Å². The van der Waals surface area contributed by atoms with Gasteiger partial charge in [-0.2, -0.15) is 5.10 Å². The van der Waals surface area contributed by atoms with Gasteiger partial charge < -0.3 is 0 Å². The van der Waals surface area contributed by atoms with Gasteiger partial charge in [0.1, 0.15) is 0 Å². The van der Waals surface area contributed by atoms with Crippen LogP contribution in [-0.4, -0.2) is 21.3 Å². The number of rotatable bonds is 2. The van der Waals surface area contributed by atoms with Crippen molar-refractivity contribution in [2.24, 2.45) is 7.05 Å². The van der Waals surface area contributed by atoms with Gasteiger partial charge in [0.05, 0.1) is 17.4 Å². The Kier molecular flexibility index (Phi) is 3.14. The van der Waals surface area contributed by atoms with Gasteiger partial charge in [0.15, 0.2) is 0 Å². The standard InChI is InChI=1S/C10H17N3O2/c1-7-8(6-11-13(7)5)9(14)12-15-10(2,3)4/h6H,1-5H3,(H,12,14). The fourth-order valence-electron chi connectivity index (χ4n) is 0.976. The molecule has 0 spiro atoms. The third kappa shape index (κ3) is 3.06. The van der Waals surface area contributed by atoms with Gasteiger partial charge in [-0.05, 0) is 27.7 Å². The minimum absolute atomic E-state index is 0.268. The summed E-state index contributed by atoms with van der Waals surface area (Å²) in [6.07, 6.45) is 1.52. The van der Waals surface area contributed by atoms with E-state index < -0.39 is 5.60 Å². The predicted octanol–water partition coefficient (Wildman–Crippen LogP) is 1.19. The Morgan fingerprint density at radius 3 is 2.53 bits per heavy atom. The first kappa shape index (κ1) is 11.7. The fraction of sp³-hybridized carbons (Fsp3) is 0.600. The van der Waals surface area contributed by atoms with E-state index in [0.717, 1.165) is 5.69 Å². The van der Waals surface area contributed by atoms with Gasteiger partial charge in [0.25, 0.3) is 5.91 Å². The van der Waals surface area contributed by atoms with Crippen molar-refractivity contribution in [1.82, 2.24) is 15.3 Å². The van der Waals surface area contributed by atoms with Crippen LogP contribution in [0.2, 0.25) is 0 Å². The largest absolute Gasteiger partial charge is 0.278 e. The third-order valence-electron chi connectivity index (χ3n) is 1.93. The van der Waals surface area contributed by atoms with Crippen LogP contribution in [-0.2, 0) is 11.9 Å². The molecule has 1 heterocycles. The van der Waals surface area contributed by atoms with Gasteiger partial charge in [0, 0.05) is 12.7 Å². The molecule has 15 heavy (non-hydrogen) atoms. The molecule has 0 saturated carbocycles. The summed E-state index contributed by atoms with van der Waals surface area (Å²) in [5.74, 6) is -0.268. The summed E-state index contributed by atoms with van der Waals surface area (Å²) in [6.45, 7) is 7.43. The number of hydroxylamine groups is 1. The molecule has 0 bridgehead atoms. The SMILES string of the molecule is Cc1c(C(=O)NOC(C)(C)C)cnn1C. The number of hydrogen-bond acceptors (Lipinski definition) is 3. The summed E-state index contributed by atoms with van der Waals surface area (Å²) in [6, 6.07) is 0. The Hall–Kier alpha value is -1.36. The van der Waals surface area contributed by atoms with Gasteiger partial charge in [-0.3, -0.25) is 14.3 Å². The highest BCUT2D eigenvalue weighted by Gasteiger charge is 2.16. The van der Waals surface area contributed by atoms with Crippen LogP contribution in [0.5, 0.6) is 0 Å². The van der Waals surface area contributed by atoms with Crippen LogP contribution >= 0.6 is 0 Å². The van der Waals surface area contributed by atoms with Gasteiger partial charge in [-0.15, -0.1) is 0 Å². The number of aryl methyl sites for hydroxylation is 1. The smallest absolute Gasteiger partial charge is 0.272 e. The molecule has 84 valence electrons. The second-order valence-electron chi connectivity index (χ2n) is 4.41. The zero-order valence-electron chi connectivity index (χ0n) is 9.79. The van der Waals surface area contributed by atoms with E-state index in [9.17, 15) is 4.79 Å². The second kappa shape index (κ2) is 4.02. The Labute approximate surface area is 89.4 Å². The monoisotopic (exact) mass is 211 g/mol. The highest BCUT2D eigenvalue weighted by atomic mass is 16.7. The third-order valence-corrected chi connectivity index (χ3v) is 1.93. The molecule has 0 radical (unpaired) electrons. The van der Waals surface area contributed by atoms with Crippen LogP contribution in [0.15, 0.2) is 6.20 Å². The summed E-state index contributed by atoms with van der Waals surface area (Å²) < 4.78 is 1.64. The van der Waals surface area contributed by atoms with Crippen molar-refractivity contribution >= 4 is 5.91 Å². The maximum atomic E-state index is 11.6. The lowest BCUT2D eigenvalue weighted by Crippen LogP contribution is -2.33. The van der Waals surface area contributed by atoms with Crippen molar-refractivity contribution in [3.63, 3.8) is 0 Å². The Balaban J connectivity index is 2.66. The summed E-state index contributed by atoms with van der Waals surface area (Å²) in [7, 11) is 1.79. The summed E-state index contributed by atoms with van der Waals surface area (Å²) in [4.78, 5) is 16.8. The molecule has 1 rings (SSSR count). The van der Waals surface area contributed by atoms with Crippen LogP contribution in [0.3, 0.4) is 0 Å². The molecule has 5 heteroatoms. The highest BCUT2D eigenvalue weighted by molar-refractivity contribution is 5.94. The van der Waals surface area contributed by atoms with E-state index in [0.29, 0.717) is 5.56 Å². The normalized spacial score (nSPS) is 11.5. The fourth-order valence-corrected chi connectivity index (χ4v) is 0.976. The number of nitrogens with one attached hydrogen (secondary N) is 1. The van der Waals surface area contributed by atoms with Crippen molar-refractivity contribution < 1.29 is 9.63 Å². The maximum absolute atomic E-state index is 11.6. The van der Waals surface area contributed by atoms with Crippen molar-refractivity contribution in [3.05, 3.63) is 17.5 Å². The number of aromatic nitrogens is 2. The summed E-state index contributed by atoms with van der Waals surface area (Å²) in [5.41, 5.74) is 3.34. The van der Waals surface area contributed by atoms with Crippen LogP contribution in [0.25, 0.3) is 0 Å². The quantitative estimate of drug-likeness (QED) is 0.747. The van der Waals surface area contributed by atoms with Crippen LogP contribution < -0.4 is 5.48 Å². The highest BCUT2D eigenvalue weighted by Crippen LogP contribution is 2.08. The topological polar surface area (TPSA) is 56.1 Å². The number of carbonyl (C=O) groups excluding carboxylic acids is 1. The predicted molar refractivity (Wildman–Crippen MR) is 56.2 cm³/mol. The molecule has 1 N–H and O–H groups in total. The lowest BCUT2D eigenvalue weighted by Gasteiger charge is -2.18. The first-order valence-electron chi connectivity index (χ1n) is 4.78. The van der Waals surface area contributed by atoms with Crippen LogP contribution in [0.4, 0.5) is 0 Å². The average Bonchev–Trinajstić information content (AvgIpc) is 2.43. The molecule has 0 aliphatic heterocycles. The zero-order valence-corrected chi connectivity index (χ0v) is 9.79. The molecular formula is C10H17N3O2. The zero-order chi connectivity index (χ0) is 11.6. The van der Waals surface area contributed by atoms with E-state index in [2.05, 4.69) is 10.6 Å². The van der Waals surface area contributed by atoms with Gasteiger partial charge in [-0.1, -0.05) is 0 Å². The van der Waals surface area contributed by atoms with Crippen LogP contribution in [0, 0.1) is 6.92 Å². The van der Waals surface area contributed by atoms with Crippen molar-refractivity contribution in [3.8, 4) is 0 Å². The Morgan fingerprint density at radius 1 is 1.53 bits per heavy atom. The molecule has 0 aliphatic carbocycles. The van der Waals surface area contributed by atoms with E-state index in [1.54, 1.807) is 11.7 Å². The number of amides is 1. The van der Waals surface area contributed by atoms with Crippen molar-refractivity contribution in [1.29, 1.82) is 0 Å². The molecular weight excluding hydrogens is 194 g/mol. The summed E-state index contributed by atoms with van der Waals surface area (Å²) >= 11 is 0. The minimum atomic E-state index is -0.397. The molecule has 5 nitrogen and oxygen atoms in total. The number of hydrogen-bond donors (Lipinski definition) is 1. The Morgan fingerprint density at radius 2 is 2.13 bits per heavy atom. The molecule has 0 atom stereocenters. The molecule has 0 unspecified atom stereocenters. The van der Waals surface area contributed by atoms with E-state index in [1.165, 1.54) is 6.20 Å². The van der Waals surface area contributed by atoms with E-state index in [-0.39, 0.29) is 5.91 Å². The molecule has 1 aromatic heterocycles. The van der Waals surface area contributed by atoms with Gasteiger partial charge in [-0.25, -0.2) is 5.48 Å². The second-order valence-corrected chi connectivity index (χ2v) is 4.41.